The standard InChI is InChI=1S/C11H16N4O2/c1-15(9-3-5-17-7-9)11(16)8-2-4-13-10(6-8)14-12/h2,4,6,9H,3,5,7,12H2,1H3,(H,13,14). The third-order valence-corrected chi connectivity index (χ3v) is 2.93. The largest absolute Gasteiger partial charge is 0.379 e. The van der Waals surface area contributed by atoms with E-state index in [0.717, 1.165) is 6.42 Å². The number of ether oxygens (including phenoxy) is 1. The van der Waals surface area contributed by atoms with Crippen LogP contribution in [0.4, 0.5) is 5.82 Å². The van der Waals surface area contributed by atoms with Crippen molar-refractivity contribution in [3.05, 3.63) is 23.9 Å². The minimum Gasteiger partial charge on any atom is -0.379 e. The van der Waals surface area contributed by atoms with Crippen molar-refractivity contribution in [2.75, 3.05) is 25.7 Å². The van der Waals surface area contributed by atoms with Crippen molar-refractivity contribution in [3.8, 4) is 0 Å². The first-order valence-corrected chi connectivity index (χ1v) is 5.50. The maximum atomic E-state index is 12.2. The number of hydrazine groups is 1. The van der Waals surface area contributed by atoms with Crippen molar-refractivity contribution in [2.24, 2.45) is 5.84 Å². The van der Waals surface area contributed by atoms with Gasteiger partial charge in [0.15, 0.2) is 0 Å². The van der Waals surface area contributed by atoms with Crippen LogP contribution < -0.4 is 11.3 Å². The predicted molar refractivity (Wildman–Crippen MR) is 63.4 cm³/mol. The average molecular weight is 236 g/mol. The summed E-state index contributed by atoms with van der Waals surface area (Å²) >= 11 is 0. The summed E-state index contributed by atoms with van der Waals surface area (Å²) in [4.78, 5) is 17.9. The van der Waals surface area contributed by atoms with Gasteiger partial charge in [0.25, 0.3) is 5.91 Å². The number of rotatable bonds is 3. The van der Waals surface area contributed by atoms with Crippen molar-refractivity contribution in [1.29, 1.82) is 0 Å². The number of nitrogen functional groups attached to an aromatic ring is 1. The zero-order chi connectivity index (χ0) is 12.3. The first kappa shape index (κ1) is 11.8. The van der Waals surface area contributed by atoms with Gasteiger partial charge in [0.2, 0.25) is 0 Å². The SMILES string of the molecule is CN(C(=O)c1ccnc(NN)c1)C1CCOC1. The highest BCUT2D eigenvalue weighted by atomic mass is 16.5. The number of carbonyl (C=O) groups excluding carboxylic acids is 1. The molecule has 2 heterocycles. The summed E-state index contributed by atoms with van der Waals surface area (Å²) in [6.07, 6.45) is 2.44. The summed E-state index contributed by atoms with van der Waals surface area (Å²) in [7, 11) is 1.79. The topological polar surface area (TPSA) is 80.5 Å². The highest BCUT2D eigenvalue weighted by molar-refractivity contribution is 5.94. The van der Waals surface area contributed by atoms with E-state index >= 15 is 0 Å². The second-order valence-electron chi connectivity index (χ2n) is 4.01. The molecule has 0 bridgehead atoms. The zero-order valence-electron chi connectivity index (χ0n) is 9.72. The average Bonchev–Trinajstić information content (AvgIpc) is 2.91. The minimum absolute atomic E-state index is 0.0422. The van der Waals surface area contributed by atoms with Crippen molar-refractivity contribution in [3.63, 3.8) is 0 Å². The fraction of sp³-hybridized carbons (Fsp3) is 0.455. The minimum atomic E-state index is -0.0422. The van der Waals surface area contributed by atoms with Crippen LogP contribution in [-0.2, 0) is 4.74 Å². The molecule has 0 saturated carbocycles. The lowest BCUT2D eigenvalue weighted by Crippen LogP contribution is -2.37. The van der Waals surface area contributed by atoms with Gasteiger partial charge in [0.1, 0.15) is 5.82 Å². The highest BCUT2D eigenvalue weighted by Crippen LogP contribution is 2.15. The number of nitrogens with two attached hydrogens (primary N) is 1. The van der Waals surface area contributed by atoms with Crippen molar-refractivity contribution in [2.45, 2.75) is 12.5 Å². The van der Waals surface area contributed by atoms with Crippen LogP contribution in [0.5, 0.6) is 0 Å². The van der Waals surface area contributed by atoms with Gasteiger partial charge in [-0.1, -0.05) is 0 Å². The van der Waals surface area contributed by atoms with Gasteiger partial charge in [-0.2, -0.15) is 0 Å². The molecule has 0 radical (unpaired) electrons. The maximum Gasteiger partial charge on any atom is 0.254 e. The molecule has 6 heteroatoms. The molecular weight excluding hydrogens is 220 g/mol. The van der Waals surface area contributed by atoms with Gasteiger partial charge >= 0.3 is 0 Å². The van der Waals surface area contributed by atoms with Gasteiger partial charge in [0, 0.05) is 25.4 Å². The van der Waals surface area contributed by atoms with Crippen molar-refractivity contribution < 1.29 is 9.53 Å². The summed E-state index contributed by atoms with van der Waals surface area (Å²) in [6.45, 7) is 1.32. The van der Waals surface area contributed by atoms with Gasteiger partial charge in [0.05, 0.1) is 12.6 Å². The Balaban J connectivity index is 2.12. The molecule has 1 amide bonds. The number of amides is 1. The Labute approximate surface area is 99.7 Å². The Morgan fingerprint density at radius 3 is 3.18 bits per heavy atom. The number of pyridine rings is 1. The molecule has 92 valence electrons. The summed E-state index contributed by atoms with van der Waals surface area (Å²) in [5.74, 6) is 5.70. The first-order valence-electron chi connectivity index (χ1n) is 5.50. The van der Waals surface area contributed by atoms with E-state index < -0.39 is 0 Å². The molecule has 1 aliphatic rings. The second-order valence-corrected chi connectivity index (χ2v) is 4.01. The molecule has 0 aromatic carbocycles. The lowest BCUT2D eigenvalue weighted by atomic mass is 10.2. The monoisotopic (exact) mass is 236 g/mol. The summed E-state index contributed by atoms with van der Waals surface area (Å²) in [5, 5.41) is 0. The maximum absolute atomic E-state index is 12.2. The Bertz CT molecular complexity index is 404. The van der Waals surface area contributed by atoms with Crippen molar-refractivity contribution >= 4 is 11.7 Å². The third kappa shape index (κ3) is 2.54. The molecule has 1 unspecified atom stereocenters. The van der Waals surface area contributed by atoms with Gasteiger partial charge in [-0.3, -0.25) is 4.79 Å². The number of nitrogens with one attached hydrogen (secondary N) is 1. The second kappa shape index (κ2) is 5.11. The Morgan fingerprint density at radius 1 is 1.71 bits per heavy atom. The molecule has 1 aliphatic heterocycles. The number of nitrogens with zero attached hydrogens (tertiary/aromatic N) is 2. The summed E-state index contributed by atoms with van der Waals surface area (Å²) < 4.78 is 5.27. The quantitative estimate of drug-likeness (QED) is 0.580. The number of anilines is 1. The van der Waals surface area contributed by atoms with Crippen LogP contribution in [0.2, 0.25) is 0 Å². The first-order chi connectivity index (χ1) is 8.22. The van der Waals surface area contributed by atoms with Crippen LogP contribution in [-0.4, -0.2) is 42.1 Å². The van der Waals surface area contributed by atoms with E-state index in [4.69, 9.17) is 10.6 Å². The van der Waals surface area contributed by atoms with Gasteiger partial charge in [-0.25, -0.2) is 10.8 Å². The molecule has 1 atom stereocenters. The van der Waals surface area contributed by atoms with E-state index in [0.29, 0.717) is 24.6 Å². The molecule has 1 aromatic heterocycles. The molecule has 6 nitrogen and oxygen atoms in total. The molecule has 17 heavy (non-hydrogen) atoms. The summed E-state index contributed by atoms with van der Waals surface area (Å²) in [6, 6.07) is 3.47. The van der Waals surface area contributed by atoms with E-state index in [1.807, 2.05) is 0 Å². The molecule has 0 spiro atoms. The van der Waals surface area contributed by atoms with E-state index in [9.17, 15) is 4.79 Å². The smallest absolute Gasteiger partial charge is 0.254 e. The van der Waals surface area contributed by atoms with Crippen molar-refractivity contribution in [1.82, 2.24) is 9.88 Å². The van der Waals surface area contributed by atoms with Crippen LogP contribution >= 0.6 is 0 Å². The fourth-order valence-electron chi connectivity index (χ4n) is 1.84. The normalized spacial score (nSPS) is 19.1. The molecule has 0 aliphatic carbocycles. The predicted octanol–water partition coefficient (Wildman–Crippen LogP) is 0.228. The van der Waals surface area contributed by atoms with Crippen LogP contribution in [0, 0.1) is 0 Å². The number of hydrogen-bond acceptors (Lipinski definition) is 5. The van der Waals surface area contributed by atoms with E-state index in [2.05, 4.69) is 10.4 Å². The van der Waals surface area contributed by atoms with Crippen LogP contribution in [0.1, 0.15) is 16.8 Å². The van der Waals surface area contributed by atoms with E-state index in [-0.39, 0.29) is 11.9 Å². The van der Waals surface area contributed by atoms with Gasteiger partial charge in [-0.05, 0) is 18.6 Å². The number of carbonyl (C=O) groups is 1. The lowest BCUT2D eigenvalue weighted by Gasteiger charge is -2.23. The number of likely N-dealkylation sites (N-methyl/N-ethyl adjacent to an activating group) is 1. The molecule has 3 N–H and O–H groups in total. The number of aromatic nitrogens is 1. The van der Waals surface area contributed by atoms with Gasteiger partial charge < -0.3 is 15.1 Å². The third-order valence-electron chi connectivity index (χ3n) is 2.93. The molecule has 1 aromatic rings. The molecular formula is C11H16N4O2. The Kier molecular flexibility index (Phi) is 3.55. The van der Waals surface area contributed by atoms with Crippen LogP contribution in [0.25, 0.3) is 0 Å². The lowest BCUT2D eigenvalue weighted by molar-refractivity contribution is 0.0711. The van der Waals surface area contributed by atoms with Crippen LogP contribution in [0.15, 0.2) is 18.3 Å². The van der Waals surface area contributed by atoms with E-state index in [1.165, 1.54) is 0 Å². The van der Waals surface area contributed by atoms with Crippen LogP contribution in [0.3, 0.4) is 0 Å². The van der Waals surface area contributed by atoms with E-state index in [1.54, 1.807) is 30.3 Å². The molecule has 1 saturated heterocycles. The Morgan fingerprint density at radius 2 is 2.53 bits per heavy atom. The molecule has 1 fully saturated rings. The Hall–Kier alpha value is -1.66. The molecule has 2 rings (SSSR count). The number of hydrogen-bond donors (Lipinski definition) is 2. The zero-order valence-corrected chi connectivity index (χ0v) is 9.72. The van der Waals surface area contributed by atoms with Gasteiger partial charge in [-0.15, -0.1) is 0 Å². The highest BCUT2D eigenvalue weighted by Gasteiger charge is 2.24. The fourth-order valence-corrected chi connectivity index (χ4v) is 1.84. The summed E-state index contributed by atoms with van der Waals surface area (Å²) in [5.41, 5.74) is 3.00.